The lowest BCUT2D eigenvalue weighted by molar-refractivity contribution is -0.383. The molecular weight excluding hydrogens is 520 g/mol. The number of hydrogen-bond donors (Lipinski definition) is 10. The summed E-state index contributed by atoms with van der Waals surface area (Å²) in [5.41, 5.74) is 6.27. The second kappa shape index (κ2) is 13.4. The fourth-order valence-electron chi connectivity index (χ4n) is 2.82. The number of nitrogens with one attached hydrogen (secondary N) is 4. The summed E-state index contributed by atoms with van der Waals surface area (Å²) >= 11 is 0. The highest BCUT2D eigenvalue weighted by Crippen LogP contribution is 2.30. The van der Waals surface area contributed by atoms with Crippen molar-refractivity contribution in [2.45, 2.75) is 18.3 Å². The van der Waals surface area contributed by atoms with Gasteiger partial charge in [-0.2, -0.15) is 0 Å². The number of nitro groups is 1. The zero-order chi connectivity index (χ0) is 28.6. The predicted octanol–water partition coefficient (Wildman–Crippen LogP) is -0.767. The van der Waals surface area contributed by atoms with Crippen molar-refractivity contribution in [1.29, 1.82) is 0 Å². The zero-order valence-corrected chi connectivity index (χ0v) is 18.9. The number of nitrogens with zero attached hydrogens (tertiary/aromatic N) is 4. The molecule has 0 saturated carbocycles. The number of anilines is 5. The number of aliphatic hydroxyl groups excluding tert-OH is 4. The minimum absolute atomic E-state index is 0.199. The number of benzene rings is 2. The Morgan fingerprint density at radius 3 is 2.05 bits per heavy atom. The molecule has 0 saturated heterocycles. The van der Waals surface area contributed by atoms with Crippen molar-refractivity contribution in [2.75, 3.05) is 33.1 Å². The standard InChI is InChI=1S/C18H22N8O12/c27-8-16(28)18(30)17(29)13(22-21-12-4-2-10(24(33)34)6-15(12)26(37)38)7-19-20-11-3-1-9(23(31)32)5-14(11)25(35)36/h1-7,16-22,27-30,37-38H,8H2/q-4. The summed E-state index contributed by atoms with van der Waals surface area (Å²) in [6, 6.07) is 5.51. The number of aliphatic hydroxyl groups is 4. The van der Waals surface area contributed by atoms with Gasteiger partial charge >= 0.3 is 0 Å². The Bertz CT molecular complexity index is 1120. The molecule has 0 aliphatic carbocycles. The average molecular weight is 542 g/mol. The minimum Gasteiger partial charge on any atom is -0.769 e. The molecule has 210 valence electrons. The van der Waals surface area contributed by atoms with Crippen LogP contribution in [0.5, 0.6) is 0 Å². The van der Waals surface area contributed by atoms with Gasteiger partial charge in [0.25, 0.3) is 5.69 Å². The lowest BCUT2D eigenvalue weighted by atomic mass is 10.1. The average Bonchev–Trinajstić information content (AvgIpc) is 2.88. The van der Waals surface area contributed by atoms with E-state index >= 15 is 0 Å². The van der Waals surface area contributed by atoms with E-state index in [4.69, 9.17) is 5.11 Å². The van der Waals surface area contributed by atoms with Gasteiger partial charge in [-0.1, -0.05) is 0 Å². The summed E-state index contributed by atoms with van der Waals surface area (Å²) in [6.45, 7) is -0.948. The van der Waals surface area contributed by atoms with E-state index in [2.05, 4.69) is 21.7 Å². The first-order chi connectivity index (χ1) is 17.9. The zero-order valence-electron chi connectivity index (χ0n) is 18.9. The summed E-state index contributed by atoms with van der Waals surface area (Å²) in [4.78, 5) is 10.4. The monoisotopic (exact) mass is 542 g/mol. The largest absolute Gasteiger partial charge is 0.769 e. The summed E-state index contributed by atoms with van der Waals surface area (Å²) in [5, 5.41) is 111. The van der Waals surface area contributed by atoms with Crippen LogP contribution in [0.4, 0.5) is 34.1 Å². The number of hydrazine groups is 2. The Hall–Kier alpha value is -4.22. The molecule has 3 atom stereocenters. The second-order valence-electron chi connectivity index (χ2n) is 7.27. The number of rotatable bonds is 14. The van der Waals surface area contributed by atoms with Crippen LogP contribution in [0.2, 0.25) is 0 Å². The van der Waals surface area contributed by atoms with Gasteiger partial charge in [-0.25, -0.2) is 0 Å². The van der Waals surface area contributed by atoms with Crippen LogP contribution in [0.25, 0.3) is 0 Å². The first kappa shape index (κ1) is 30.0. The third-order valence-electron chi connectivity index (χ3n) is 4.80. The van der Waals surface area contributed by atoms with Gasteiger partial charge in [-0.05, 0) is 30.3 Å². The topological polar surface area (TPSA) is 315 Å². The Labute approximate surface area is 212 Å². The molecule has 0 spiro atoms. The molecule has 2 rings (SSSR count). The molecule has 0 aliphatic heterocycles. The molecule has 0 fully saturated rings. The molecule has 0 amide bonds. The second-order valence-corrected chi connectivity index (χ2v) is 7.27. The normalized spacial score (nSPS) is 13.7. The summed E-state index contributed by atoms with van der Waals surface area (Å²) in [6.07, 6.45) is -4.90. The van der Waals surface area contributed by atoms with E-state index in [9.17, 15) is 56.7 Å². The quantitative estimate of drug-likeness (QED) is 0.103. The number of nitro benzene ring substituents is 1. The third kappa shape index (κ3) is 7.64. The van der Waals surface area contributed by atoms with Crippen molar-refractivity contribution in [2.24, 2.45) is 0 Å². The highest BCUT2D eigenvalue weighted by molar-refractivity contribution is 5.74. The van der Waals surface area contributed by atoms with Gasteiger partial charge in [0.2, 0.25) is 0 Å². The van der Waals surface area contributed by atoms with E-state index in [0.717, 1.165) is 36.5 Å². The van der Waals surface area contributed by atoms with Crippen molar-refractivity contribution in [3.05, 3.63) is 79.2 Å². The van der Waals surface area contributed by atoms with Gasteiger partial charge < -0.3 is 62.6 Å². The van der Waals surface area contributed by atoms with Gasteiger partial charge in [0.15, 0.2) is 0 Å². The molecular formula is C18H22N8O12-4. The highest BCUT2D eigenvalue weighted by Gasteiger charge is 2.28. The van der Waals surface area contributed by atoms with Gasteiger partial charge in [-0.3, -0.25) is 31.4 Å². The smallest absolute Gasteiger partial charge is 0.296 e. The van der Waals surface area contributed by atoms with Crippen molar-refractivity contribution < 1.29 is 35.8 Å². The fourth-order valence-corrected chi connectivity index (χ4v) is 2.82. The van der Waals surface area contributed by atoms with Gasteiger partial charge in [0.1, 0.15) is 29.7 Å². The molecule has 20 heteroatoms. The molecule has 2 aromatic rings. The van der Waals surface area contributed by atoms with Crippen LogP contribution < -0.4 is 37.4 Å². The van der Waals surface area contributed by atoms with E-state index in [1.807, 2.05) is 0 Å². The Kier molecular flexibility index (Phi) is 10.5. The van der Waals surface area contributed by atoms with Gasteiger partial charge in [0, 0.05) is 23.6 Å². The van der Waals surface area contributed by atoms with Crippen molar-refractivity contribution in [1.82, 2.24) is 10.9 Å². The summed E-state index contributed by atoms with van der Waals surface area (Å²) in [5.74, 6) is 0. The molecule has 2 aromatic carbocycles. The van der Waals surface area contributed by atoms with Crippen LogP contribution in [0.15, 0.2) is 48.3 Å². The maximum absolute atomic E-state index is 11.3. The molecule has 0 heterocycles. The first-order valence-electron chi connectivity index (χ1n) is 10.1. The predicted molar refractivity (Wildman–Crippen MR) is 131 cm³/mol. The Morgan fingerprint density at radius 1 is 0.947 bits per heavy atom. The van der Waals surface area contributed by atoms with E-state index in [1.54, 1.807) is 0 Å². The van der Waals surface area contributed by atoms with E-state index in [1.165, 1.54) is 0 Å². The number of hydrogen-bond acceptors (Lipinski definition) is 19. The van der Waals surface area contributed by atoms with Crippen molar-refractivity contribution in [3.8, 4) is 0 Å². The van der Waals surface area contributed by atoms with Gasteiger partial charge in [0.05, 0.1) is 22.9 Å². The molecule has 0 bridgehead atoms. The lowest BCUT2D eigenvalue weighted by Crippen LogP contribution is -2.45. The van der Waals surface area contributed by atoms with Crippen LogP contribution >= 0.6 is 0 Å². The molecule has 0 aromatic heterocycles. The summed E-state index contributed by atoms with van der Waals surface area (Å²) < 4.78 is 0. The molecule has 10 N–H and O–H groups in total. The Morgan fingerprint density at radius 2 is 1.53 bits per heavy atom. The molecule has 0 aliphatic rings. The van der Waals surface area contributed by atoms with Crippen LogP contribution in [-0.2, 0) is 0 Å². The molecule has 20 nitrogen and oxygen atoms in total. The van der Waals surface area contributed by atoms with Crippen molar-refractivity contribution >= 4 is 34.1 Å². The van der Waals surface area contributed by atoms with Crippen molar-refractivity contribution in [3.63, 3.8) is 0 Å². The SMILES string of the molecule is O=[N+]([O-])c1cc(N([O-])[O-])ccc1NNC=C(NNc1ccc(N([O-])[O-])cc1N(O)O)C(O)C(O)C(O)CO. The molecule has 38 heavy (non-hydrogen) atoms. The fraction of sp³-hybridized carbons (Fsp3) is 0.222. The summed E-state index contributed by atoms with van der Waals surface area (Å²) in [7, 11) is 0. The van der Waals surface area contributed by atoms with Gasteiger partial charge in [-0.15, -0.1) is 5.23 Å². The maximum Gasteiger partial charge on any atom is 0.296 e. The van der Waals surface area contributed by atoms with Crippen LogP contribution in [0.3, 0.4) is 0 Å². The maximum atomic E-state index is 11.3. The third-order valence-corrected chi connectivity index (χ3v) is 4.80. The van der Waals surface area contributed by atoms with E-state index < -0.39 is 74.0 Å². The molecule has 0 radical (unpaired) electrons. The minimum atomic E-state index is -1.99. The van der Waals surface area contributed by atoms with Crippen LogP contribution in [0, 0.1) is 30.9 Å². The van der Waals surface area contributed by atoms with E-state index in [-0.39, 0.29) is 11.4 Å². The van der Waals surface area contributed by atoms with Crippen LogP contribution in [-0.4, -0.2) is 60.7 Å². The molecule has 3 unspecified atom stereocenters. The highest BCUT2D eigenvalue weighted by atomic mass is 16.8. The lowest BCUT2D eigenvalue weighted by Gasteiger charge is -2.38. The Balaban J connectivity index is 2.32. The van der Waals surface area contributed by atoms with Crippen LogP contribution in [0.1, 0.15) is 0 Å². The van der Waals surface area contributed by atoms with E-state index in [0.29, 0.717) is 6.07 Å². The first-order valence-corrected chi connectivity index (χ1v) is 10.1.